The third-order valence-corrected chi connectivity index (χ3v) is 2.68. The highest BCUT2D eigenvalue weighted by Gasteiger charge is 2.19. The van der Waals surface area contributed by atoms with Gasteiger partial charge in [0.05, 0.1) is 12.8 Å². The number of halogens is 2. The van der Waals surface area contributed by atoms with Crippen molar-refractivity contribution in [1.29, 1.82) is 0 Å². The Balaban J connectivity index is 2.31. The standard InChI is InChI=1S/C14H12F2N2O2/c1-20-9-4-2-3-8(7-9)18-14(19)12-10(15)5-6-11(17)13(12)16/h2-7H,17H2,1H3,(H,18,19). The molecule has 2 rings (SSSR count). The highest BCUT2D eigenvalue weighted by Crippen LogP contribution is 2.21. The zero-order valence-electron chi connectivity index (χ0n) is 10.6. The van der Waals surface area contributed by atoms with Gasteiger partial charge in [0.15, 0.2) is 5.82 Å². The fourth-order valence-corrected chi connectivity index (χ4v) is 1.67. The van der Waals surface area contributed by atoms with E-state index in [9.17, 15) is 13.6 Å². The smallest absolute Gasteiger partial charge is 0.261 e. The zero-order valence-corrected chi connectivity index (χ0v) is 10.6. The van der Waals surface area contributed by atoms with Crippen molar-refractivity contribution in [1.82, 2.24) is 0 Å². The summed E-state index contributed by atoms with van der Waals surface area (Å²) in [5.41, 5.74) is 4.68. The number of carbonyl (C=O) groups excluding carboxylic acids is 1. The molecule has 0 aliphatic carbocycles. The van der Waals surface area contributed by atoms with Gasteiger partial charge in [-0.1, -0.05) is 6.07 Å². The molecule has 3 N–H and O–H groups in total. The SMILES string of the molecule is COc1cccc(NC(=O)c2c(F)ccc(N)c2F)c1. The van der Waals surface area contributed by atoms with E-state index in [1.807, 2.05) is 0 Å². The van der Waals surface area contributed by atoms with E-state index >= 15 is 0 Å². The van der Waals surface area contributed by atoms with Crippen molar-refractivity contribution in [2.45, 2.75) is 0 Å². The van der Waals surface area contributed by atoms with Crippen molar-refractivity contribution in [2.24, 2.45) is 0 Å². The number of hydrogen-bond donors (Lipinski definition) is 2. The molecule has 0 heterocycles. The molecule has 0 spiro atoms. The Morgan fingerprint density at radius 3 is 2.70 bits per heavy atom. The maximum atomic E-state index is 13.7. The third-order valence-electron chi connectivity index (χ3n) is 2.68. The average Bonchev–Trinajstić information content (AvgIpc) is 2.43. The topological polar surface area (TPSA) is 64.3 Å². The summed E-state index contributed by atoms with van der Waals surface area (Å²) in [6, 6.07) is 8.42. The molecule has 0 saturated carbocycles. The molecule has 0 unspecified atom stereocenters. The first kappa shape index (κ1) is 13.8. The molecular weight excluding hydrogens is 266 g/mol. The van der Waals surface area contributed by atoms with Gasteiger partial charge in [-0.05, 0) is 24.3 Å². The second kappa shape index (κ2) is 5.56. The average molecular weight is 278 g/mol. The first-order valence-corrected chi connectivity index (χ1v) is 5.72. The molecule has 2 aromatic rings. The van der Waals surface area contributed by atoms with Gasteiger partial charge in [0.2, 0.25) is 0 Å². The van der Waals surface area contributed by atoms with Crippen LogP contribution in [0.5, 0.6) is 5.75 Å². The molecule has 0 atom stereocenters. The van der Waals surface area contributed by atoms with E-state index in [2.05, 4.69) is 5.32 Å². The molecule has 1 amide bonds. The first-order chi connectivity index (χ1) is 9.52. The second-order valence-electron chi connectivity index (χ2n) is 4.01. The van der Waals surface area contributed by atoms with Gasteiger partial charge >= 0.3 is 0 Å². The summed E-state index contributed by atoms with van der Waals surface area (Å²) in [6.07, 6.45) is 0. The molecule has 4 nitrogen and oxygen atoms in total. The molecule has 0 radical (unpaired) electrons. The van der Waals surface area contributed by atoms with E-state index in [4.69, 9.17) is 10.5 Å². The monoisotopic (exact) mass is 278 g/mol. The number of rotatable bonds is 3. The first-order valence-electron chi connectivity index (χ1n) is 5.72. The molecule has 0 aromatic heterocycles. The number of ether oxygens (including phenoxy) is 1. The van der Waals surface area contributed by atoms with Crippen molar-refractivity contribution in [2.75, 3.05) is 18.2 Å². The van der Waals surface area contributed by atoms with E-state index in [1.165, 1.54) is 13.2 Å². The summed E-state index contributed by atoms with van der Waals surface area (Å²) in [5.74, 6) is -2.46. The van der Waals surface area contributed by atoms with Crippen molar-refractivity contribution in [3.05, 3.63) is 53.6 Å². The molecule has 20 heavy (non-hydrogen) atoms. The van der Waals surface area contributed by atoms with Crippen LogP contribution >= 0.6 is 0 Å². The van der Waals surface area contributed by atoms with E-state index < -0.39 is 23.1 Å². The number of methoxy groups -OCH3 is 1. The van der Waals surface area contributed by atoms with Crippen LogP contribution in [0.3, 0.4) is 0 Å². The van der Waals surface area contributed by atoms with Gasteiger partial charge in [0.25, 0.3) is 5.91 Å². The number of amides is 1. The normalized spacial score (nSPS) is 10.2. The molecule has 104 valence electrons. The van der Waals surface area contributed by atoms with Crippen LogP contribution in [0.4, 0.5) is 20.2 Å². The van der Waals surface area contributed by atoms with Gasteiger partial charge in [-0.3, -0.25) is 4.79 Å². The molecule has 0 bridgehead atoms. The van der Waals surface area contributed by atoms with Crippen molar-refractivity contribution in [3.8, 4) is 5.75 Å². The highest BCUT2D eigenvalue weighted by molar-refractivity contribution is 6.05. The predicted octanol–water partition coefficient (Wildman–Crippen LogP) is 2.81. The van der Waals surface area contributed by atoms with E-state index in [-0.39, 0.29) is 5.69 Å². The van der Waals surface area contributed by atoms with E-state index in [0.717, 1.165) is 12.1 Å². The Hall–Kier alpha value is -2.63. The maximum Gasteiger partial charge on any atom is 0.261 e. The number of benzene rings is 2. The van der Waals surface area contributed by atoms with Crippen LogP contribution in [-0.4, -0.2) is 13.0 Å². The lowest BCUT2D eigenvalue weighted by molar-refractivity contribution is 0.101. The molecule has 0 saturated heterocycles. The molecule has 0 aliphatic rings. The Kier molecular flexibility index (Phi) is 3.84. The number of hydrogen-bond acceptors (Lipinski definition) is 3. The summed E-state index contributed by atoms with van der Waals surface area (Å²) in [7, 11) is 1.47. The lowest BCUT2D eigenvalue weighted by atomic mass is 10.1. The van der Waals surface area contributed by atoms with E-state index in [0.29, 0.717) is 11.4 Å². The largest absolute Gasteiger partial charge is 0.497 e. The molecular formula is C14H12F2N2O2. The number of anilines is 2. The minimum Gasteiger partial charge on any atom is -0.497 e. The summed E-state index contributed by atoms with van der Waals surface area (Å²) in [6.45, 7) is 0. The van der Waals surface area contributed by atoms with Gasteiger partial charge in [-0.2, -0.15) is 0 Å². The van der Waals surface area contributed by atoms with Gasteiger partial charge in [-0.25, -0.2) is 8.78 Å². The highest BCUT2D eigenvalue weighted by atomic mass is 19.1. The number of nitrogen functional groups attached to an aromatic ring is 1. The van der Waals surface area contributed by atoms with Crippen LogP contribution in [-0.2, 0) is 0 Å². The molecule has 2 aromatic carbocycles. The Morgan fingerprint density at radius 1 is 1.25 bits per heavy atom. The lowest BCUT2D eigenvalue weighted by Gasteiger charge is -2.09. The van der Waals surface area contributed by atoms with Crippen molar-refractivity contribution < 1.29 is 18.3 Å². The summed E-state index contributed by atoms with van der Waals surface area (Å²) < 4.78 is 32.2. The molecule has 0 aliphatic heterocycles. The fourth-order valence-electron chi connectivity index (χ4n) is 1.67. The lowest BCUT2D eigenvalue weighted by Crippen LogP contribution is -2.16. The van der Waals surface area contributed by atoms with Crippen LogP contribution < -0.4 is 15.8 Å². The van der Waals surface area contributed by atoms with Crippen LogP contribution in [0.25, 0.3) is 0 Å². The van der Waals surface area contributed by atoms with Gasteiger partial charge in [-0.15, -0.1) is 0 Å². The summed E-state index contributed by atoms with van der Waals surface area (Å²) in [5, 5.41) is 2.39. The van der Waals surface area contributed by atoms with E-state index in [1.54, 1.807) is 18.2 Å². The number of carbonyl (C=O) groups is 1. The van der Waals surface area contributed by atoms with Crippen LogP contribution in [0.2, 0.25) is 0 Å². The van der Waals surface area contributed by atoms with Crippen molar-refractivity contribution in [3.63, 3.8) is 0 Å². The fraction of sp³-hybridized carbons (Fsp3) is 0.0714. The Bertz CT molecular complexity index is 660. The zero-order chi connectivity index (χ0) is 14.7. The molecule has 6 heteroatoms. The van der Waals surface area contributed by atoms with Crippen LogP contribution in [0.1, 0.15) is 10.4 Å². The third kappa shape index (κ3) is 2.69. The summed E-state index contributed by atoms with van der Waals surface area (Å²) >= 11 is 0. The van der Waals surface area contributed by atoms with Crippen molar-refractivity contribution >= 4 is 17.3 Å². The van der Waals surface area contributed by atoms with Gasteiger partial charge < -0.3 is 15.8 Å². The predicted molar refractivity (Wildman–Crippen MR) is 71.7 cm³/mol. The van der Waals surface area contributed by atoms with Gasteiger partial charge in [0, 0.05) is 11.8 Å². The number of nitrogens with two attached hydrogens (primary N) is 1. The molecule has 0 fully saturated rings. The number of nitrogens with one attached hydrogen (secondary N) is 1. The Morgan fingerprint density at radius 2 is 2.00 bits per heavy atom. The Labute approximate surface area is 114 Å². The minimum absolute atomic E-state index is 0.290. The second-order valence-corrected chi connectivity index (χ2v) is 4.01. The minimum atomic E-state index is -1.08. The van der Waals surface area contributed by atoms with Crippen LogP contribution in [0, 0.1) is 11.6 Å². The maximum absolute atomic E-state index is 13.7. The van der Waals surface area contributed by atoms with Gasteiger partial charge in [0.1, 0.15) is 17.1 Å². The quantitative estimate of drug-likeness (QED) is 0.848. The van der Waals surface area contributed by atoms with Crippen LogP contribution in [0.15, 0.2) is 36.4 Å². The summed E-state index contributed by atoms with van der Waals surface area (Å²) in [4.78, 5) is 11.9.